The lowest BCUT2D eigenvalue weighted by Gasteiger charge is -2.29. The topological polar surface area (TPSA) is 76.5 Å². The predicted molar refractivity (Wildman–Crippen MR) is 138 cm³/mol. The third-order valence-corrected chi connectivity index (χ3v) is 7.07. The van der Waals surface area contributed by atoms with Crippen LogP contribution in [-0.4, -0.2) is 53.6 Å². The third kappa shape index (κ3) is 5.98. The Bertz CT molecular complexity index is 1180. The van der Waals surface area contributed by atoms with Gasteiger partial charge in [0.2, 0.25) is 5.91 Å². The fraction of sp³-hybridized carbons (Fsp3) is 0.423. The van der Waals surface area contributed by atoms with Crippen molar-refractivity contribution in [2.45, 2.75) is 44.4 Å². The first-order valence-corrected chi connectivity index (χ1v) is 12.9. The van der Waals surface area contributed by atoms with Crippen LogP contribution in [0.1, 0.15) is 25.8 Å². The number of anilines is 1. The molecule has 0 aliphatic carbocycles. The van der Waals surface area contributed by atoms with Gasteiger partial charge in [-0.15, -0.1) is 0 Å². The van der Waals surface area contributed by atoms with Gasteiger partial charge in [-0.05, 0) is 43.5 Å². The van der Waals surface area contributed by atoms with Crippen LogP contribution in [0.5, 0.6) is 0 Å². The summed E-state index contributed by atoms with van der Waals surface area (Å²) < 4.78 is 7.19. The van der Waals surface area contributed by atoms with E-state index >= 15 is 0 Å². The molecule has 1 amide bonds. The molecule has 1 aromatic heterocycles. The molecule has 34 heavy (non-hydrogen) atoms. The Morgan fingerprint density at radius 2 is 1.94 bits per heavy atom. The smallest absolute Gasteiger partial charge is 0.262 e. The van der Waals surface area contributed by atoms with E-state index in [1.54, 1.807) is 4.57 Å². The van der Waals surface area contributed by atoms with Gasteiger partial charge in [-0.1, -0.05) is 49.0 Å². The molecule has 7 nitrogen and oxygen atoms in total. The second-order valence-corrected chi connectivity index (χ2v) is 9.50. The molecule has 0 unspecified atom stereocenters. The van der Waals surface area contributed by atoms with E-state index in [1.165, 1.54) is 11.8 Å². The van der Waals surface area contributed by atoms with Gasteiger partial charge in [-0.3, -0.25) is 14.2 Å². The standard InChI is InChI=1S/C26H32N4O3S/c1-3-19(2)27-24(31)18-34-26-28-23-10-9-21(29-13-15-33-16-14-29)17-22(23)25(32)30(26)12-11-20-7-5-4-6-8-20/h4-10,17,19H,3,11-16,18H2,1-2H3,(H,27,31)/t19-/m1/s1. The molecule has 0 bridgehead atoms. The maximum Gasteiger partial charge on any atom is 0.262 e. The van der Waals surface area contributed by atoms with E-state index < -0.39 is 0 Å². The summed E-state index contributed by atoms with van der Waals surface area (Å²) in [6, 6.07) is 16.1. The summed E-state index contributed by atoms with van der Waals surface area (Å²) in [6.45, 7) is 7.51. The van der Waals surface area contributed by atoms with Crippen LogP contribution in [0.2, 0.25) is 0 Å². The van der Waals surface area contributed by atoms with E-state index in [0.717, 1.165) is 30.8 Å². The molecule has 1 aliphatic rings. The van der Waals surface area contributed by atoms with Crippen molar-refractivity contribution in [2.24, 2.45) is 0 Å². The van der Waals surface area contributed by atoms with Gasteiger partial charge in [0, 0.05) is 31.4 Å². The van der Waals surface area contributed by atoms with Crippen molar-refractivity contribution in [3.05, 3.63) is 64.4 Å². The highest BCUT2D eigenvalue weighted by molar-refractivity contribution is 7.99. The molecule has 2 heterocycles. The monoisotopic (exact) mass is 480 g/mol. The Hall–Kier alpha value is -2.84. The number of nitrogens with zero attached hydrogens (tertiary/aromatic N) is 3. The van der Waals surface area contributed by atoms with Gasteiger partial charge in [0.15, 0.2) is 5.16 Å². The van der Waals surface area contributed by atoms with Gasteiger partial charge in [0.25, 0.3) is 5.56 Å². The van der Waals surface area contributed by atoms with E-state index in [1.807, 2.05) is 50.2 Å². The molecule has 1 fully saturated rings. The molecule has 0 radical (unpaired) electrons. The van der Waals surface area contributed by atoms with E-state index in [-0.39, 0.29) is 23.3 Å². The number of aryl methyl sites for hydroxylation is 1. The van der Waals surface area contributed by atoms with Crippen molar-refractivity contribution in [3.63, 3.8) is 0 Å². The second-order valence-electron chi connectivity index (χ2n) is 8.55. The van der Waals surface area contributed by atoms with Crippen LogP contribution in [0.25, 0.3) is 10.9 Å². The number of hydrogen-bond donors (Lipinski definition) is 1. The summed E-state index contributed by atoms with van der Waals surface area (Å²) in [4.78, 5) is 33.1. The molecule has 1 atom stereocenters. The zero-order valence-corrected chi connectivity index (χ0v) is 20.6. The fourth-order valence-corrected chi connectivity index (χ4v) is 4.78. The molecular weight excluding hydrogens is 448 g/mol. The minimum Gasteiger partial charge on any atom is -0.378 e. The number of carbonyl (C=O) groups is 1. The van der Waals surface area contributed by atoms with Gasteiger partial charge in [-0.2, -0.15) is 0 Å². The van der Waals surface area contributed by atoms with Crippen molar-refractivity contribution in [3.8, 4) is 0 Å². The largest absolute Gasteiger partial charge is 0.378 e. The van der Waals surface area contributed by atoms with Crippen molar-refractivity contribution < 1.29 is 9.53 Å². The Morgan fingerprint density at radius 3 is 2.68 bits per heavy atom. The zero-order valence-electron chi connectivity index (χ0n) is 19.8. The van der Waals surface area contributed by atoms with Crippen LogP contribution in [-0.2, 0) is 22.5 Å². The number of hydrogen-bond acceptors (Lipinski definition) is 6. The Kier molecular flexibility index (Phi) is 8.24. The molecule has 1 N–H and O–H groups in total. The Labute approximate surface area is 204 Å². The van der Waals surface area contributed by atoms with Crippen molar-refractivity contribution in [1.82, 2.24) is 14.9 Å². The van der Waals surface area contributed by atoms with Crippen LogP contribution < -0.4 is 15.8 Å². The number of carbonyl (C=O) groups excluding carboxylic acids is 1. The summed E-state index contributed by atoms with van der Waals surface area (Å²) >= 11 is 1.32. The molecule has 3 aromatic rings. The van der Waals surface area contributed by atoms with Crippen molar-refractivity contribution >= 4 is 34.3 Å². The molecule has 8 heteroatoms. The molecule has 1 aliphatic heterocycles. The summed E-state index contributed by atoms with van der Waals surface area (Å²) in [5, 5.41) is 4.16. The lowest BCUT2D eigenvalue weighted by atomic mass is 10.1. The molecule has 2 aromatic carbocycles. The van der Waals surface area contributed by atoms with E-state index in [9.17, 15) is 9.59 Å². The summed E-state index contributed by atoms with van der Waals surface area (Å²) in [6.07, 6.45) is 1.58. The number of ether oxygens (including phenoxy) is 1. The quantitative estimate of drug-likeness (QED) is 0.373. The van der Waals surface area contributed by atoms with E-state index in [4.69, 9.17) is 9.72 Å². The van der Waals surface area contributed by atoms with E-state index in [0.29, 0.717) is 42.2 Å². The number of aromatic nitrogens is 2. The number of thioether (sulfide) groups is 1. The summed E-state index contributed by atoms with van der Waals surface area (Å²) in [7, 11) is 0. The van der Waals surface area contributed by atoms with Gasteiger partial charge in [-0.25, -0.2) is 4.98 Å². The highest BCUT2D eigenvalue weighted by atomic mass is 32.2. The second kappa shape index (κ2) is 11.5. The maximum absolute atomic E-state index is 13.6. The lowest BCUT2D eigenvalue weighted by molar-refractivity contribution is -0.119. The highest BCUT2D eigenvalue weighted by Crippen LogP contribution is 2.23. The minimum atomic E-state index is -0.0686. The molecule has 0 spiro atoms. The molecule has 1 saturated heterocycles. The molecule has 0 saturated carbocycles. The first-order chi connectivity index (χ1) is 16.5. The lowest BCUT2D eigenvalue weighted by Crippen LogP contribution is -2.36. The number of benzene rings is 2. The first kappa shape index (κ1) is 24.3. The van der Waals surface area contributed by atoms with Gasteiger partial charge >= 0.3 is 0 Å². The Balaban J connectivity index is 1.64. The molecule has 4 rings (SSSR count). The van der Waals surface area contributed by atoms with Crippen LogP contribution in [0.3, 0.4) is 0 Å². The minimum absolute atomic E-state index is 0.0500. The predicted octanol–water partition coefficient (Wildman–Crippen LogP) is 3.48. The first-order valence-electron chi connectivity index (χ1n) is 11.9. The van der Waals surface area contributed by atoms with Crippen molar-refractivity contribution in [2.75, 3.05) is 37.0 Å². The number of nitrogens with one attached hydrogen (secondary N) is 1. The molecule has 180 valence electrons. The van der Waals surface area contributed by atoms with Crippen LogP contribution in [0, 0.1) is 0 Å². The van der Waals surface area contributed by atoms with Gasteiger partial charge in [0.05, 0.1) is 29.9 Å². The average Bonchev–Trinajstić information content (AvgIpc) is 2.88. The third-order valence-electron chi connectivity index (χ3n) is 6.10. The van der Waals surface area contributed by atoms with Crippen molar-refractivity contribution in [1.29, 1.82) is 0 Å². The SMILES string of the molecule is CC[C@@H](C)NC(=O)CSc1nc2ccc(N3CCOCC3)cc2c(=O)n1CCc1ccccc1. The van der Waals surface area contributed by atoms with Crippen LogP contribution in [0.4, 0.5) is 5.69 Å². The number of morpholine rings is 1. The highest BCUT2D eigenvalue weighted by Gasteiger charge is 2.17. The summed E-state index contributed by atoms with van der Waals surface area (Å²) in [5.74, 6) is 0.172. The number of rotatable bonds is 9. The average molecular weight is 481 g/mol. The maximum atomic E-state index is 13.6. The van der Waals surface area contributed by atoms with Crippen LogP contribution >= 0.6 is 11.8 Å². The fourth-order valence-electron chi connectivity index (χ4n) is 3.95. The number of amides is 1. The van der Waals surface area contributed by atoms with Gasteiger partial charge in [0.1, 0.15) is 0 Å². The van der Waals surface area contributed by atoms with E-state index in [2.05, 4.69) is 22.3 Å². The zero-order chi connectivity index (χ0) is 23.9. The summed E-state index contributed by atoms with van der Waals surface area (Å²) in [5.41, 5.74) is 2.75. The normalized spacial score (nSPS) is 14.8. The number of fused-ring (bicyclic) bond motifs is 1. The van der Waals surface area contributed by atoms with Gasteiger partial charge < -0.3 is 15.0 Å². The molecular formula is C26H32N4O3S. The van der Waals surface area contributed by atoms with Crippen LogP contribution in [0.15, 0.2) is 58.5 Å². The Morgan fingerprint density at radius 1 is 1.18 bits per heavy atom.